The van der Waals surface area contributed by atoms with Gasteiger partial charge in [0.15, 0.2) is 0 Å². The molecule has 1 saturated heterocycles. The van der Waals surface area contributed by atoms with E-state index >= 15 is 0 Å². The maximum atomic E-state index is 13.0. The maximum absolute atomic E-state index is 13.0. The number of nitrogens with zero attached hydrogens (tertiary/aromatic N) is 2. The predicted octanol–water partition coefficient (Wildman–Crippen LogP) is 1.34. The van der Waals surface area contributed by atoms with Gasteiger partial charge in [-0.05, 0) is 45.2 Å². The lowest BCUT2D eigenvalue weighted by Gasteiger charge is -2.26. The molecule has 1 aromatic rings. The molecular weight excluding hydrogens is 344 g/mol. The van der Waals surface area contributed by atoms with E-state index in [9.17, 15) is 9.59 Å². The topological polar surface area (TPSA) is 79.4 Å². The molecule has 0 radical (unpaired) electrons. The molecule has 3 aliphatic rings. The Morgan fingerprint density at radius 2 is 1.85 bits per heavy atom. The Kier molecular flexibility index (Phi) is 6.10. The van der Waals surface area contributed by atoms with E-state index in [1.165, 1.54) is 11.0 Å². The van der Waals surface area contributed by atoms with E-state index in [0.717, 1.165) is 95.6 Å². The van der Waals surface area contributed by atoms with Gasteiger partial charge >= 0.3 is 5.69 Å². The lowest BCUT2D eigenvalue weighted by molar-refractivity contribution is 0.0374. The summed E-state index contributed by atoms with van der Waals surface area (Å²) in [4.78, 5) is 31.1. The van der Waals surface area contributed by atoms with Crippen LogP contribution in [0.2, 0.25) is 0 Å². The monoisotopic (exact) mass is 376 g/mol. The summed E-state index contributed by atoms with van der Waals surface area (Å²) in [6.45, 7) is 5.65. The van der Waals surface area contributed by atoms with Gasteiger partial charge < -0.3 is 15.0 Å². The van der Waals surface area contributed by atoms with E-state index in [-0.39, 0.29) is 23.3 Å². The van der Waals surface area contributed by atoms with Crippen LogP contribution in [-0.4, -0.2) is 53.8 Å². The van der Waals surface area contributed by atoms with Crippen molar-refractivity contribution < 1.29 is 4.74 Å². The van der Waals surface area contributed by atoms with Crippen molar-refractivity contribution in [3.8, 4) is 0 Å². The maximum Gasteiger partial charge on any atom is 0.328 e. The number of aromatic nitrogens is 2. The van der Waals surface area contributed by atoms with E-state index in [1.54, 1.807) is 0 Å². The Morgan fingerprint density at radius 3 is 2.63 bits per heavy atom. The summed E-state index contributed by atoms with van der Waals surface area (Å²) in [6, 6.07) is 0.187. The number of nitrogens with one attached hydrogen (secondary N) is 2. The fraction of sp³-hybridized carbons (Fsp3) is 0.800. The van der Waals surface area contributed by atoms with Crippen molar-refractivity contribution in [3.05, 3.63) is 32.1 Å². The van der Waals surface area contributed by atoms with E-state index < -0.39 is 0 Å². The van der Waals surface area contributed by atoms with Crippen LogP contribution in [0, 0.1) is 0 Å². The molecule has 1 aliphatic heterocycles. The van der Waals surface area contributed by atoms with Gasteiger partial charge in [-0.25, -0.2) is 4.79 Å². The number of ether oxygens (including phenoxy) is 1. The Hall–Kier alpha value is -1.44. The second-order valence-electron chi connectivity index (χ2n) is 8.14. The zero-order valence-electron chi connectivity index (χ0n) is 16.2. The first kappa shape index (κ1) is 18.9. The Balaban J connectivity index is 1.38. The number of fused-ring (bicyclic) bond motifs is 1. The number of H-pyrrole nitrogens is 1. The van der Waals surface area contributed by atoms with Crippen LogP contribution in [0.5, 0.6) is 0 Å². The Morgan fingerprint density at radius 1 is 1.07 bits per heavy atom. The molecular formula is C20H32N4O3. The molecule has 2 aliphatic carbocycles. The van der Waals surface area contributed by atoms with Crippen LogP contribution in [-0.2, 0) is 11.2 Å². The van der Waals surface area contributed by atoms with Crippen molar-refractivity contribution in [2.75, 3.05) is 39.4 Å². The highest BCUT2D eigenvalue weighted by molar-refractivity contribution is 5.26. The third-order valence-corrected chi connectivity index (χ3v) is 6.38. The van der Waals surface area contributed by atoms with Crippen molar-refractivity contribution in [3.63, 3.8) is 0 Å². The predicted molar refractivity (Wildman–Crippen MR) is 104 cm³/mol. The van der Waals surface area contributed by atoms with Crippen molar-refractivity contribution in [2.24, 2.45) is 0 Å². The van der Waals surface area contributed by atoms with Gasteiger partial charge in [0.2, 0.25) is 0 Å². The summed E-state index contributed by atoms with van der Waals surface area (Å²) < 4.78 is 6.89. The first-order valence-corrected chi connectivity index (χ1v) is 10.6. The fourth-order valence-corrected chi connectivity index (χ4v) is 4.85. The second kappa shape index (κ2) is 8.71. The van der Waals surface area contributed by atoms with Gasteiger partial charge in [0.05, 0.1) is 13.2 Å². The first-order chi connectivity index (χ1) is 13.2. The number of rotatable bonds is 6. The Labute approximate surface area is 160 Å². The van der Waals surface area contributed by atoms with Crippen molar-refractivity contribution in [1.82, 2.24) is 19.8 Å². The van der Waals surface area contributed by atoms with Crippen molar-refractivity contribution in [1.29, 1.82) is 0 Å². The SMILES string of the molecule is O=c1[nH]c2c(c(=O)n1C1CCCCC1)CCC2NCCCN1CCOCC1. The molecule has 1 atom stereocenters. The summed E-state index contributed by atoms with van der Waals surface area (Å²) in [5, 5.41) is 3.55. The van der Waals surface area contributed by atoms with Crippen LogP contribution < -0.4 is 16.6 Å². The normalized spacial score (nSPS) is 24.2. The summed E-state index contributed by atoms with van der Waals surface area (Å²) in [6.07, 6.45) is 8.06. The minimum Gasteiger partial charge on any atom is -0.379 e. The number of hydrogen-bond donors (Lipinski definition) is 2. The van der Waals surface area contributed by atoms with Gasteiger partial charge in [-0.2, -0.15) is 0 Å². The molecule has 2 heterocycles. The lowest BCUT2D eigenvalue weighted by Crippen LogP contribution is -2.41. The van der Waals surface area contributed by atoms with Crippen LogP contribution in [0.25, 0.3) is 0 Å². The summed E-state index contributed by atoms with van der Waals surface area (Å²) in [5.41, 5.74) is 1.40. The van der Waals surface area contributed by atoms with Crippen molar-refractivity contribution in [2.45, 2.75) is 63.5 Å². The van der Waals surface area contributed by atoms with Crippen LogP contribution in [0.4, 0.5) is 0 Å². The molecule has 7 heteroatoms. The van der Waals surface area contributed by atoms with Crippen molar-refractivity contribution >= 4 is 0 Å². The molecule has 7 nitrogen and oxygen atoms in total. The zero-order chi connectivity index (χ0) is 18.6. The van der Waals surface area contributed by atoms with Crippen LogP contribution >= 0.6 is 0 Å². The third-order valence-electron chi connectivity index (χ3n) is 6.38. The molecule has 27 heavy (non-hydrogen) atoms. The largest absolute Gasteiger partial charge is 0.379 e. The molecule has 2 fully saturated rings. The average molecular weight is 377 g/mol. The minimum atomic E-state index is -0.215. The quantitative estimate of drug-likeness (QED) is 0.733. The van der Waals surface area contributed by atoms with E-state index in [1.807, 2.05) is 0 Å². The van der Waals surface area contributed by atoms with Gasteiger partial charge in [0.25, 0.3) is 5.56 Å². The molecule has 1 saturated carbocycles. The van der Waals surface area contributed by atoms with Crippen LogP contribution in [0.15, 0.2) is 9.59 Å². The highest BCUT2D eigenvalue weighted by Crippen LogP contribution is 2.29. The minimum absolute atomic E-state index is 0.0433. The van der Waals surface area contributed by atoms with E-state index in [2.05, 4.69) is 15.2 Å². The van der Waals surface area contributed by atoms with Crippen LogP contribution in [0.3, 0.4) is 0 Å². The molecule has 0 spiro atoms. The zero-order valence-corrected chi connectivity index (χ0v) is 16.2. The molecule has 2 N–H and O–H groups in total. The van der Waals surface area contributed by atoms with Gasteiger partial charge in [0.1, 0.15) is 0 Å². The highest BCUT2D eigenvalue weighted by atomic mass is 16.5. The van der Waals surface area contributed by atoms with Gasteiger partial charge in [-0.15, -0.1) is 0 Å². The Bertz CT molecular complexity index is 745. The summed E-state index contributed by atoms with van der Waals surface area (Å²) in [5.74, 6) is 0. The molecule has 0 bridgehead atoms. The summed E-state index contributed by atoms with van der Waals surface area (Å²) in [7, 11) is 0. The fourth-order valence-electron chi connectivity index (χ4n) is 4.85. The van der Waals surface area contributed by atoms with Gasteiger partial charge in [0, 0.05) is 36.4 Å². The van der Waals surface area contributed by atoms with E-state index in [4.69, 9.17) is 4.74 Å². The lowest BCUT2D eigenvalue weighted by atomic mass is 9.95. The molecule has 0 aromatic carbocycles. The molecule has 1 unspecified atom stereocenters. The van der Waals surface area contributed by atoms with Gasteiger partial charge in [-0.1, -0.05) is 19.3 Å². The third kappa shape index (κ3) is 4.20. The molecule has 150 valence electrons. The second-order valence-corrected chi connectivity index (χ2v) is 8.14. The average Bonchev–Trinajstić information content (AvgIpc) is 3.10. The molecule has 0 amide bonds. The van der Waals surface area contributed by atoms with Gasteiger partial charge in [-0.3, -0.25) is 14.3 Å². The molecule has 1 aromatic heterocycles. The molecule has 4 rings (SSSR count). The van der Waals surface area contributed by atoms with E-state index in [0.29, 0.717) is 0 Å². The number of hydrogen-bond acceptors (Lipinski definition) is 5. The smallest absolute Gasteiger partial charge is 0.328 e. The highest BCUT2D eigenvalue weighted by Gasteiger charge is 2.29. The standard InChI is InChI=1S/C20H32N4O3/c25-19-16-7-8-17(21-9-4-10-23-11-13-27-14-12-23)18(16)22-20(26)24(19)15-5-2-1-3-6-15/h15,17,21H,1-14H2,(H,22,26). The number of aromatic amines is 1. The number of morpholine rings is 1. The first-order valence-electron chi connectivity index (χ1n) is 10.6. The van der Waals surface area contributed by atoms with Crippen LogP contribution in [0.1, 0.15) is 68.3 Å². The summed E-state index contributed by atoms with van der Waals surface area (Å²) >= 11 is 0.